The maximum absolute atomic E-state index is 5.33. The predicted molar refractivity (Wildman–Crippen MR) is 82.6 cm³/mol. The van der Waals surface area contributed by atoms with E-state index in [1.807, 2.05) is 0 Å². The van der Waals surface area contributed by atoms with Gasteiger partial charge in [-0.3, -0.25) is 0 Å². The molecule has 1 heterocycles. The van der Waals surface area contributed by atoms with Crippen LogP contribution in [0.5, 0.6) is 0 Å². The summed E-state index contributed by atoms with van der Waals surface area (Å²) in [5.41, 5.74) is 0.471. The van der Waals surface area contributed by atoms with Crippen molar-refractivity contribution in [3.8, 4) is 0 Å². The molecule has 1 unspecified atom stereocenters. The van der Waals surface area contributed by atoms with Crippen LogP contribution in [0, 0.1) is 11.3 Å². The highest BCUT2D eigenvalue weighted by atomic mass is 16.5. The van der Waals surface area contributed by atoms with E-state index >= 15 is 0 Å². The first-order valence-corrected chi connectivity index (χ1v) is 7.92. The van der Waals surface area contributed by atoms with Gasteiger partial charge in [0.05, 0.1) is 6.61 Å². The maximum Gasteiger partial charge on any atom is 0.0628 e. The maximum atomic E-state index is 5.33. The smallest absolute Gasteiger partial charge is 0.0628 e. The number of nitrogens with one attached hydrogen (secondary N) is 1. The number of hydrogen-bond acceptors (Lipinski definition) is 3. The number of rotatable bonds is 7. The van der Waals surface area contributed by atoms with Crippen molar-refractivity contribution in [2.75, 3.05) is 39.9 Å². The van der Waals surface area contributed by atoms with E-state index < -0.39 is 0 Å². The van der Waals surface area contributed by atoms with Gasteiger partial charge in [-0.1, -0.05) is 27.7 Å². The van der Waals surface area contributed by atoms with E-state index in [0.29, 0.717) is 11.5 Å². The van der Waals surface area contributed by atoms with Crippen LogP contribution >= 0.6 is 0 Å². The molecule has 1 rings (SSSR count). The fourth-order valence-electron chi connectivity index (χ4n) is 3.02. The Balaban J connectivity index is 2.33. The molecule has 0 radical (unpaired) electrons. The minimum absolute atomic E-state index is 0.471. The molecule has 1 aliphatic heterocycles. The van der Waals surface area contributed by atoms with Crippen molar-refractivity contribution >= 4 is 0 Å². The molecule has 1 aliphatic rings. The summed E-state index contributed by atoms with van der Waals surface area (Å²) in [6.45, 7) is 14.9. The third kappa shape index (κ3) is 6.24. The standard InChI is InChI=1S/C16H34N2O/c1-6-9-17-15(13-19-5)12-18-10-7-14(8-11-18)16(2,3)4/h14-15,17H,6-13H2,1-5H3. The lowest BCUT2D eigenvalue weighted by atomic mass is 9.75. The lowest BCUT2D eigenvalue weighted by Crippen LogP contribution is -2.47. The van der Waals surface area contributed by atoms with Crippen LogP contribution in [0.3, 0.4) is 0 Å². The Morgan fingerprint density at radius 3 is 2.37 bits per heavy atom. The number of ether oxygens (including phenoxy) is 1. The zero-order chi connectivity index (χ0) is 14.3. The zero-order valence-corrected chi connectivity index (χ0v) is 13.7. The largest absolute Gasteiger partial charge is 0.383 e. The van der Waals surface area contributed by atoms with E-state index in [0.717, 1.165) is 25.6 Å². The summed E-state index contributed by atoms with van der Waals surface area (Å²) in [5, 5.41) is 3.59. The summed E-state index contributed by atoms with van der Waals surface area (Å²) in [4.78, 5) is 2.61. The molecule has 1 atom stereocenters. The van der Waals surface area contributed by atoms with E-state index in [4.69, 9.17) is 4.74 Å². The van der Waals surface area contributed by atoms with Gasteiger partial charge in [0, 0.05) is 19.7 Å². The number of piperidine rings is 1. The molecule has 0 spiro atoms. The zero-order valence-electron chi connectivity index (χ0n) is 13.7. The van der Waals surface area contributed by atoms with Gasteiger partial charge in [0.25, 0.3) is 0 Å². The quantitative estimate of drug-likeness (QED) is 0.770. The van der Waals surface area contributed by atoms with E-state index in [-0.39, 0.29) is 0 Å². The van der Waals surface area contributed by atoms with Crippen LogP contribution in [-0.2, 0) is 4.74 Å². The van der Waals surface area contributed by atoms with Gasteiger partial charge in [-0.15, -0.1) is 0 Å². The van der Waals surface area contributed by atoms with Gasteiger partial charge in [0.2, 0.25) is 0 Å². The summed E-state index contributed by atoms with van der Waals surface area (Å²) >= 11 is 0. The van der Waals surface area contributed by atoms with Crippen molar-refractivity contribution in [1.82, 2.24) is 10.2 Å². The molecule has 0 amide bonds. The van der Waals surface area contributed by atoms with Gasteiger partial charge >= 0.3 is 0 Å². The van der Waals surface area contributed by atoms with Crippen LogP contribution in [-0.4, -0.2) is 50.8 Å². The fraction of sp³-hybridized carbons (Fsp3) is 1.00. The first-order valence-electron chi connectivity index (χ1n) is 7.92. The Labute approximate surface area is 120 Å². The van der Waals surface area contributed by atoms with Crippen molar-refractivity contribution in [1.29, 1.82) is 0 Å². The Morgan fingerprint density at radius 2 is 1.89 bits per heavy atom. The SMILES string of the molecule is CCCNC(COC)CN1CCC(C(C)(C)C)CC1. The van der Waals surface area contributed by atoms with E-state index in [1.54, 1.807) is 7.11 Å². The highest BCUT2D eigenvalue weighted by Crippen LogP contribution is 2.34. The fourth-order valence-corrected chi connectivity index (χ4v) is 3.02. The second-order valence-corrected chi connectivity index (χ2v) is 7.05. The second-order valence-electron chi connectivity index (χ2n) is 7.05. The molecule has 0 aromatic rings. The summed E-state index contributed by atoms with van der Waals surface area (Å²) in [5.74, 6) is 0.883. The van der Waals surface area contributed by atoms with Gasteiger partial charge < -0.3 is 15.0 Å². The monoisotopic (exact) mass is 270 g/mol. The summed E-state index contributed by atoms with van der Waals surface area (Å²) in [6, 6.07) is 0.483. The van der Waals surface area contributed by atoms with Crippen LogP contribution in [0.2, 0.25) is 0 Å². The third-order valence-corrected chi connectivity index (χ3v) is 4.34. The average molecular weight is 270 g/mol. The molecule has 19 heavy (non-hydrogen) atoms. The number of nitrogens with zero attached hydrogens (tertiary/aromatic N) is 1. The van der Waals surface area contributed by atoms with Crippen LogP contribution in [0.15, 0.2) is 0 Å². The average Bonchev–Trinajstić information content (AvgIpc) is 2.36. The molecular formula is C16H34N2O. The first-order chi connectivity index (χ1) is 8.97. The third-order valence-electron chi connectivity index (χ3n) is 4.34. The molecule has 0 saturated carbocycles. The Hall–Kier alpha value is -0.120. The van der Waals surface area contributed by atoms with Crippen molar-refractivity contribution in [3.63, 3.8) is 0 Å². The van der Waals surface area contributed by atoms with Gasteiger partial charge in [-0.25, -0.2) is 0 Å². The van der Waals surface area contributed by atoms with Gasteiger partial charge in [-0.2, -0.15) is 0 Å². The molecule has 1 N–H and O–H groups in total. The van der Waals surface area contributed by atoms with E-state index in [9.17, 15) is 0 Å². The highest BCUT2D eigenvalue weighted by Gasteiger charge is 2.29. The topological polar surface area (TPSA) is 24.5 Å². The van der Waals surface area contributed by atoms with Crippen LogP contribution < -0.4 is 5.32 Å². The van der Waals surface area contributed by atoms with Gasteiger partial charge in [0.15, 0.2) is 0 Å². The van der Waals surface area contributed by atoms with Crippen LogP contribution in [0.4, 0.5) is 0 Å². The molecule has 0 aliphatic carbocycles. The molecular weight excluding hydrogens is 236 g/mol. The van der Waals surface area contributed by atoms with Crippen LogP contribution in [0.1, 0.15) is 47.0 Å². The molecule has 0 aromatic carbocycles. The number of hydrogen-bond donors (Lipinski definition) is 1. The molecule has 1 saturated heterocycles. The van der Waals surface area contributed by atoms with E-state index in [1.165, 1.54) is 32.4 Å². The first kappa shape index (κ1) is 16.9. The van der Waals surface area contributed by atoms with Crippen molar-refractivity contribution < 1.29 is 4.74 Å². The minimum Gasteiger partial charge on any atom is -0.383 e. The summed E-state index contributed by atoms with van der Waals surface area (Å²) in [6.07, 6.45) is 3.88. The predicted octanol–water partition coefficient (Wildman–Crippen LogP) is 2.76. The molecule has 0 aromatic heterocycles. The van der Waals surface area contributed by atoms with Gasteiger partial charge in [-0.05, 0) is 50.2 Å². The Morgan fingerprint density at radius 1 is 1.26 bits per heavy atom. The second kappa shape index (κ2) is 8.23. The lowest BCUT2D eigenvalue weighted by Gasteiger charge is -2.39. The molecule has 114 valence electrons. The molecule has 0 bridgehead atoms. The van der Waals surface area contributed by atoms with Crippen molar-refractivity contribution in [3.05, 3.63) is 0 Å². The Kier molecular flexibility index (Phi) is 7.33. The van der Waals surface area contributed by atoms with Crippen molar-refractivity contribution in [2.45, 2.75) is 53.0 Å². The van der Waals surface area contributed by atoms with Gasteiger partial charge in [0.1, 0.15) is 0 Å². The number of methoxy groups -OCH3 is 1. The number of likely N-dealkylation sites (tertiary alicyclic amines) is 1. The molecule has 3 heteroatoms. The highest BCUT2D eigenvalue weighted by molar-refractivity contribution is 4.82. The van der Waals surface area contributed by atoms with E-state index in [2.05, 4.69) is 37.9 Å². The Bertz CT molecular complexity index is 229. The summed E-state index contributed by atoms with van der Waals surface area (Å²) < 4.78 is 5.33. The van der Waals surface area contributed by atoms with Crippen LogP contribution in [0.25, 0.3) is 0 Å². The molecule has 3 nitrogen and oxygen atoms in total. The lowest BCUT2D eigenvalue weighted by molar-refractivity contribution is 0.0877. The summed E-state index contributed by atoms with van der Waals surface area (Å²) in [7, 11) is 1.80. The molecule has 1 fully saturated rings. The van der Waals surface area contributed by atoms with Crippen molar-refractivity contribution in [2.24, 2.45) is 11.3 Å². The minimum atomic E-state index is 0.471. The normalized spacial score (nSPS) is 20.7.